The minimum Gasteiger partial charge on any atom is -0.378 e. The third-order valence-corrected chi connectivity index (χ3v) is 5.49. The molecule has 0 aromatic carbocycles. The van der Waals surface area contributed by atoms with Gasteiger partial charge in [0.1, 0.15) is 0 Å². The zero-order valence-electron chi connectivity index (χ0n) is 11.8. The predicted octanol–water partition coefficient (Wildman–Crippen LogP) is 0.776. The molecule has 2 fully saturated rings. The van der Waals surface area contributed by atoms with E-state index in [9.17, 15) is 13.2 Å². The smallest absolute Gasteiger partial charge is 0.317 e. The van der Waals surface area contributed by atoms with Crippen molar-refractivity contribution < 1.29 is 17.9 Å². The summed E-state index contributed by atoms with van der Waals surface area (Å²) in [6.45, 7) is 2.10. The minimum atomic E-state index is -2.93. The van der Waals surface area contributed by atoms with E-state index in [1.807, 2.05) is 0 Å². The van der Waals surface area contributed by atoms with Crippen molar-refractivity contribution in [3.8, 4) is 0 Å². The first-order valence-electron chi connectivity index (χ1n) is 7.42. The standard InChI is InChI=1S/C13H24N2O4S/c16-13(15-7-10-20(17,18)11-8-15)14-6-3-5-12-4-1-2-9-19-12/h12H,1-11H2,(H,14,16). The van der Waals surface area contributed by atoms with Crippen molar-refractivity contribution in [2.75, 3.05) is 37.7 Å². The van der Waals surface area contributed by atoms with Crippen LogP contribution in [0.25, 0.3) is 0 Å². The maximum Gasteiger partial charge on any atom is 0.317 e. The summed E-state index contributed by atoms with van der Waals surface area (Å²) in [5.74, 6) is 0.159. The molecule has 1 atom stereocenters. The summed E-state index contributed by atoms with van der Waals surface area (Å²) in [5, 5.41) is 2.86. The van der Waals surface area contributed by atoms with Gasteiger partial charge in [0.2, 0.25) is 0 Å². The van der Waals surface area contributed by atoms with Crippen molar-refractivity contribution in [1.29, 1.82) is 0 Å². The number of sulfone groups is 1. The molecule has 20 heavy (non-hydrogen) atoms. The number of rotatable bonds is 4. The van der Waals surface area contributed by atoms with Gasteiger partial charge in [-0.3, -0.25) is 0 Å². The summed E-state index contributed by atoms with van der Waals surface area (Å²) in [7, 11) is -2.93. The van der Waals surface area contributed by atoms with Gasteiger partial charge in [-0.15, -0.1) is 0 Å². The van der Waals surface area contributed by atoms with Gasteiger partial charge < -0.3 is 15.0 Å². The van der Waals surface area contributed by atoms with E-state index in [4.69, 9.17) is 4.74 Å². The second-order valence-corrected chi connectivity index (χ2v) is 7.81. The monoisotopic (exact) mass is 304 g/mol. The van der Waals surface area contributed by atoms with Crippen molar-refractivity contribution in [3.05, 3.63) is 0 Å². The van der Waals surface area contributed by atoms with Crippen molar-refractivity contribution in [2.45, 2.75) is 38.2 Å². The Hall–Kier alpha value is -0.820. The summed E-state index contributed by atoms with van der Waals surface area (Å²) >= 11 is 0. The molecule has 2 aliphatic heterocycles. The van der Waals surface area contributed by atoms with Crippen LogP contribution in [0.5, 0.6) is 0 Å². The number of carbonyl (C=O) groups excluding carboxylic acids is 1. The molecule has 2 heterocycles. The Morgan fingerprint density at radius 2 is 2.00 bits per heavy atom. The zero-order chi connectivity index (χ0) is 14.4. The molecule has 0 aromatic heterocycles. The van der Waals surface area contributed by atoms with Crippen molar-refractivity contribution in [1.82, 2.24) is 10.2 Å². The fraction of sp³-hybridized carbons (Fsp3) is 0.923. The molecular formula is C13H24N2O4S. The quantitative estimate of drug-likeness (QED) is 0.779. The second kappa shape index (κ2) is 7.26. The molecule has 116 valence electrons. The van der Waals surface area contributed by atoms with Gasteiger partial charge in [0.15, 0.2) is 9.84 Å². The highest BCUT2D eigenvalue weighted by Crippen LogP contribution is 2.16. The van der Waals surface area contributed by atoms with Gasteiger partial charge in [0, 0.05) is 26.2 Å². The van der Waals surface area contributed by atoms with Crippen LogP contribution in [0.1, 0.15) is 32.1 Å². The van der Waals surface area contributed by atoms with Crippen LogP contribution in [0, 0.1) is 0 Å². The van der Waals surface area contributed by atoms with Crippen LogP contribution in [0.15, 0.2) is 0 Å². The van der Waals surface area contributed by atoms with Crippen LogP contribution in [0.3, 0.4) is 0 Å². The Morgan fingerprint density at radius 3 is 2.65 bits per heavy atom. The van der Waals surface area contributed by atoms with E-state index in [0.29, 0.717) is 25.7 Å². The van der Waals surface area contributed by atoms with Gasteiger partial charge in [-0.25, -0.2) is 13.2 Å². The number of hydrogen-bond acceptors (Lipinski definition) is 4. The van der Waals surface area contributed by atoms with Crippen molar-refractivity contribution in [2.24, 2.45) is 0 Å². The molecule has 2 saturated heterocycles. The molecule has 2 amide bonds. The number of nitrogens with one attached hydrogen (secondary N) is 1. The van der Waals surface area contributed by atoms with E-state index in [1.54, 1.807) is 4.90 Å². The van der Waals surface area contributed by atoms with E-state index in [2.05, 4.69) is 5.32 Å². The SMILES string of the molecule is O=C(NCCCC1CCCCO1)N1CCS(=O)(=O)CC1. The molecular weight excluding hydrogens is 280 g/mol. The minimum absolute atomic E-state index is 0.0797. The van der Waals surface area contributed by atoms with Crippen LogP contribution < -0.4 is 5.32 Å². The molecule has 2 rings (SSSR count). The van der Waals surface area contributed by atoms with Crippen LogP contribution in [0.4, 0.5) is 4.79 Å². The Morgan fingerprint density at radius 1 is 1.25 bits per heavy atom. The maximum absolute atomic E-state index is 11.8. The topological polar surface area (TPSA) is 75.7 Å². The molecule has 0 spiro atoms. The third kappa shape index (κ3) is 4.94. The van der Waals surface area contributed by atoms with E-state index in [1.165, 1.54) is 6.42 Å². The summed E-state index contributed by atoms with van der Waals surface area (Å²) in [6, 6.07) is -0.149. The predicted molar refractivity (Wildman–Crippen MR) is 76.5 cm³/mol. The number of amides is 2. The molecule has 2 aliphatic rings. The molecule has 1 N–H and O–H groups in total. The number of nitrogens with zero attached hydrogens (tertiary/aromatic N) is 1. The lowest BCUT2D eigenvalue weighted by atomic mass is 10.0. The van der Waals surface area contributed by atoms with E-state index in [-0.39, 0.29) is 17.5 Å². The molecule has 6 nitrogen and oxygen atoms in total. The van der Waals surface area contributed by atoms with E-state index < -0.39 is 9.84 Å². The van der Waals surface area contributed by atoms with E-state index in [0.717, 1.165) is 32.3 Å². The molecule has 1 unspecified atom stereocenters. The number of urea groups is 1. The fourth-order valence-electron chi connectivity index (χ4n) is 2.59. The number of carbonyl (C=O) groups is 1. The molecule has 0 aromatic rings. The van der Waals surface area contributed by atoms with E-state index >= 15 is 0 Å². The van der Waals surface area contributed by atoms with Gasteiger partial charge >= 0.3 is 6.03 Å². The first-order valence-corrected chi connectivity index (χ1v) is 9.24. The summed E-state index contributed by atoms with van der Waals surface area (Å²) < 4.78 is 28.2. The normalized spacial score (nSPS) is 26.2. The highest BCUT2D eigenvalue weighted by atomic mass is 32.2. The third-order valence-electron chi connectivity index (χ3n) is 3.88. The maximum atomic E-state index is 11.8. The molecule has 0 saturated carbocycles. The fourth-order valence-corrected chi connectivity index (χ4v) is 3.79. The Labute approximate surface area is 120 Å². The number of hydrogen-bond donors (Lipinski definition) is 1. The average Bonchev–Trinajstić information content (AvgIpc) is 2.44. The van der Waals surface area contributed by atoms with Crippen molar-refractivity contribution >= 4 is 15.9 Å². The van der Waals surface area contributed by atoms with Crippen LogP contribution in [-0.4, -0.2) is 63.2 Å². The zero-order valence-corrected chi connectivity index (χ0v) is 12.7. The average molecular weight is 304 g/mol. The molecule has 7 heteroatoms. The van der Waals surface area contributed by atoms with Gasteiger partial charge in [-0.05, 0) is 32.1 Å². The first kappa shape index (κ1) is 15.6. The molecule has 0 radical (unpaired) electrons. The summed E-state index contributed by atoms with van der Waals surface area (Å²) in [5.41, 5.74) is 0. The van der Waals surface area contributed by atoms with Crippen molar-refractivity contribution in [3.63, 3.8) is 0 Å². The molecule has 0 bridgehead atoms. The molecule has 0 aliphatic carbocycles. The highest BCUT2D eigenvalue weighted by Gasteiger charge is 2.24. The van der Waals surface area contributed by atoms with Crippen LogP contribution >= 0.6 is 0 Å². The lowest BCUT2D eigenvalue weighted by Crippen LogP contribution is -2.48. The lowest BCUT2D eigenvalue weighted by Gasteiger charge is -2.27. The van der Waals surface area contributed by atoms with Crippen LogP contribution in [-0.2, 0) is 14.6 Å². The lowest BCUT2D eigenvalue weighted by molar-refractivity contribution is 0.0103. The Balaban J connectivity index is 1.58. The van der Waals surface area contributed by atoms with Gasteiger partial charge in [0.05, 0.1) is 17.6 Å². The van der Waals surface area contributed by atoms with Gasteiger partial charge in [0.25, 0.3) is 0 Å². The second-order valence-electron chi connectivity index (χ2n) is 5.50. The first-order chi connectivity index (χ1) is 9.57. The summed E-state index contributed by atoms with van der Waals surface area (Å²) in [6.07, 6.45) is 5.75. The Kier molecular flexibility index (Phi) is 5.65. The van der Waals surface area contributed by atoms with Gasteiger partial charge in [-0.2, -0.15) is 0 Å². The number of ether oxygens (including phenoxy) is 1. The van der Waals surface area contributed by atoms with Crippen LogP contribution in [0.2, 0.25) is 0 Å². The Bertz CT molecular complexity index is 404. The largest absolute Gasteiger partial charge is 0.378 e. The highest BCUT2D eigenvalue weighted by molar-refractivity contribution is 7.91. The summed E-state index contributed by atoms with van der Waals surface area (Å²) in [4.78, 5) is 13.4. The van der Waals surface area contributed by atoms with Gasteiger partial charge in [-0.1, -0.05) is 0 Å².